The first kappa shape index (κ1) is 32.5. The summed E-state index contributed by atoms with van der Waals surface area (Å²) in [7, 11) is 0. The maximum absolute atomic E-state index is 2.62. The zero-order valence-corrected chi connectivity index (χ0v) is 33.4. The van der Waals surface area contributed by atoms with Crippen molar-refractivity contribution in [3.05, 3.63) is 228 Å². The van der Waals surface area contributed by atoms with Crippen LogP contribution in [0.25, 0.3) is 71.5 Å². The van der Waals surface area contributed by atoms with Gasteiger partial charge in [0.1, 0.15) is 0 Å². The predicted molar refractivity (Wildman–Crippen MR) is 250 cm³/mol. The molecule has 0 saturated heterocycles. The van der Waals surface area contributed by atoms with Crippen molar-refractivity contribution >= 4 is 55.2 Å². The van der Waals surface area contributed by atoms with Crippen molar-refractivity contribution in [2.75, 3.05) is 4.90 Å². The molecule has 0 radical (unpaired) electrons. The van der Waals surface area contributed by atoms with E-state index in [4.69, 9.17) is 0 Å². The lowest BCUT2D eigenvalue weighted by Crippen LogP contribution is -2.26. The van der Waals surface area contributed by atoms with Crippen LogP contribution in [0.3, 0.4) is 0 Å². The summed E-state index contributed by atoms with van der Waals surface area (Å²) in [4.78, 5) is 2.60. The first-order valence-electron chi connectivity index (χ1n) is 21.2. The molecule has 1 spiro atoms. The van der Waals surface area contributed by atoms with Crippen molar-refractivity contribution in [1.29, 1.82) is 0 Å². The Morgan fingerprint density at radius 2 is 0.917 bits per heavy atom. The van der Waals surface area contributed by atoms with E-state index in [-0.39, 0.29) is 5.41 Å². The van der Waals surface area contributed by atoms with Crippen molar-refractivity contribution < 1.29 is 0 Å². The van der Waals surface area contributed by atoms with Crippen LogP contribution in [0.5, 0.6) is 0 Å². The highest BCUT2D eigenvalue weighted by Crippen LogP contribution is 2.66. The molecule has 9 aromatic carbocycles. The van der Waals surface area contributed by atoms with Gasteiger partial charge in [0, 0.05) is 43.8 Å². The third-order valence-electron chi connectivity index (χ3n) is 14.5. The fourth-order valence-corrected chi connectivity index (χ4v) is 12.2. The van der Waals surface area contributed by atoms with Gasteiger partial charge in [0.25, 0.3) is 0 Å². The van der Waals surface area contributed by atoms with Gasteiger partial charge in [-0.15, -0.1) is 0 Å². The van der Waals surface area contributed by atoms with Gasteiger partial charge in [0.05, 0.1) is 33.3 Å². The number of para-hydroxylation sites is 3. The maximum atomic E-state index is 2.62. The van der Waals surface area contributed by atoms with Crippen LogP contribution >= 0.6 is 0 Å². The van der Waals surface area contributed by atoms with E-state index in [0.29, 0.717) is 0 Å². The zero-order valence-electron chi connectivity index (χ0n) is 33.4. The van der Waals surface area contributed by atoms with Gasteiger partial charge >= 0.3 is 0 Å². The summed E-state index contributed by atoms with van der Waals surface area (Å²) in [5.41, 5.74) is 22.7. The highest BCUT2D eigenvalue weighted by atomic mass is 15.2. The monoisotopic (exact) mass is 762 g/mol. The fraction of sp³-hybridized carbons (Fsp3) is 0.0690. The molecule has 0 amide bonds. The number of benzene rings is 9. The molecule has 0 atom stereocenters. The minimum atomic E-state index is -0.519. The molecule has 2 nitrogen and oxygen atoms in total. The van der Waals surface area contributed by atoms with Gasteiger partial charge < -0.3 is 9.30 Å². The topological polar surface area (TPSA) is 7.65 Å². The average molecular weight is 763 g/mol. The van der Waals surface area contributed by atoms with E-state index in [1.54, 1.807) is 0 Å². The number of nitrogens with zero attached hydrogens (tertiary/aromatic N) is 2. The standard InChI is InChI=1S/C58H38N2/c1-57(2)43-27-11-8-23-40(43)52-47(57)31-17-33-50(52)59(35-18-4-3-5-19-35)51-34-48-53(56-54(51)42-26-16-25-39-38-22-10-15-32-49(38)60(56)55(39)42)41-24-9-14-30-46(41)58(48)44-28-12-6-20-36(44)37-21-7-13-29-45(37)58/h3-34H,1-2H3. The van der Waals surface area contributed by atoms with Crippen LogP contribution in [0.2, 0.25) is 0 Å². The molecular weight excluding hydrogens is 725 g/mol. The summed E-state index contributed by atoms with van der Waals surface area (Å²) in [5.74, 6) is 0. The number of aromatic nitrogens is 1. The SMILES string of the molecule is CC1(C)c2ccccc2-c2c(N(c3ccccc3)c3cc4c(c5c3c3cccc6c7ccccc7n5c63)-c3ccccc3C43c4ccccc4-c4ccccc43)cccc21. The van der Waals surface area contributed by atoms with Crippen molar-refractivity contribution in [1.82, 2.24) is 4.40 Å². The van der Waals surface area contributed by atoms with E-state index in [1.807, 2.05) is 0 Å². The van der Waals surface area contributed by atoms with Crippen LogP contribution in [0.1, 0.15) is 47.2 Å². The molecule has 2 heteroatoms. The molecule has 14 rings (SSSR count). The van der Waals surface area contributed by atoms with E-state index >= 15 is 0 Å². The lowest BCUT2D eigenvalue weighted by atomic mass is 9.70. The Labute approximate surface area is 348 Å². The predicted octanol–water partition coefficient (Wildman–Crippen LogP) is 15.0. The number of hydrogen-bond acceptors (Lipinski definition) is 1. The molecule has 0 N–H and O–H groups in total. The molecule has 11 aromatic rings. The Hall–Kier alpha value is -7.42. The minimum Gasteiger partial charge on any atom is -0.309 e. The smallest absolute Gasteiger partial charge is 0.0727 e. The van der Waals surface area contributed by atoms with E-state index < -0.39 is 5.41 Å². The van der Waals surface area contributed by atoms with Gasteiger partial charge in [-0.2, -0.15) is 0 Å². The van der Waals surface area contributed by atoms with Crippen molar-refractivity contribution in [2.45, 2.75) is 24.7 Å². The van der Waals surface area contributed by atoms with Crippen LogP contribution in [-0.2, 0) is 10.8 Å². The summed E-state index contributed by atoms with van der Waals surface area (Å²) < 4.78 is 2.62. The van der Waals surface area contributed by atoms with E-state index in [9.17, 15) is 0 Å². The second-order valence-corrected chi connectivity index (χ2v) is 17.5. The number of fused-ring (bicyclic) bond motifs is 20. The Kier molecular flexibility index (Phi) is 6.07. The molecule has 60 heavy (non-hydrogen) atoms. The molecule has 2 heterocycles. The maximum Gasteiger partial charge on any atom is 0.0727 e. The second-order valence-electron chi connectivity index (χ2n) is 17.5. The molecule has 3 aliphatic rings. The summed E-state index contributed by atoms with van der Waals surface area (Å²) in [6.45, 7) is 4.77. The first-order chi connectivity index (χ1) is 29.6. The van der Waals surface area contributed by atoms with Crippen LogP contribution in [0, 0.1) is 0 Å². The van der Waals surface area contributed by atoms with Gasteiger partial charge in [-0.25, -0.2) is 0 Å². The molecule has 2 aromatic heterocycles. The van der Waals surface area contributed by atoms with Gasteiger partial charge in [0.15, 0.2) is 0 Å². The van der Waals surface area contributed by atoms with Gasteiger partial charge in [-0.3, -0.25) is 0 Å². The third-order valence-corrected chi connectivity index (χ3v) is 14.5. The number of rotatable bonds is 3. The lowest BCUT2D eigenvalue weighted by molar-refractivity contribution is 0.660. The summed E-state index contributed by atoms with van der Waals surface area (Å²) >= 11 is 0. The third kappa shape index (κ3) is 3.69. The van der Waals surface area contributed by atoms with E-state index in [2.05, 4.69) is 217 Å². The van der Waals surface area contributed by atoms with Crippen LogP contribution in [-0.4, -0.2) is 4.40 Å². The summed E-state index contributed by atoms with van der Waals surface area (Å²) in [6, 6.07) is 73.4. The highest BCUT2D eigenvalue weighted by Gasteiger charge is 2.53. The lowest BCUT2D eigenvalue weighted by Gasteiger charge is -2.33. The first-order valence-corrected chi connectivity index (χ1v) is 21.2. The quantitative estimate of drug-likeness (QED) is 0.174. The molecule has 280 valence electrons. The van der Waals surface area contributed by atoms with Crippen LogP contribution in [0.15, 0.2) is 194 Å². The highest BCUT2D eigenvalue weighted by molar-refractivity contribution is 6.29. The minimum absolute atomic E-state index is 0.143. The second kappa shape index (κ2) is 11.2. The number of anilines is 3. The van der Waals surface area contributed by atoms with Crippen molar-refractivity contribution in [2.24, 2.45) is 0 Å². The summed E-state index contributed by atoms with van der Waals surface area (Å²) in [6.07, 6.45) is 0. The van der Waals surface area contributed by atoms with Crippen LogP contribution < -0.4 is 4.90 Å². The van der Waals surface area contributed by atoms with Crippen molar-refractivity contribution in [3.8, 4) is 33.4 Å². The Morgan fingerprint density at radius 1 is 0.383 bits per heavy atom. The Balaban J connectivity index is 1.24. The largest absolute Gasteiger partial charge is 0.309 e. The van der Waals surface area contributed by atoms with Gasteiger partial charge in [-0.1, -0.05) is 178 Å². The molecule has 0 aliphatic heterocycles. The molecule has 0 saturated carbocycles. The molecule has 0 unspecified atom stereocenters. The normalized spacial score (nSPS) is 14.8. The van der Waals surface area contributed by atoms with E-state index in [0.717, 1.165) is 5.69 Å². The van der Waals surface area contributed by atoms with E-state index in [1.165, 1.54) is 116 Å². The molecule has 0 bridgehead atoms. The van der Waals surface area contributed by atoms with Crippen LogP contribution in [0.4, 0.5) is 17.1 Å². The Bertz CT molecular complexity index is 3600. The van der Waals surface area contributed by atoms with Gasteiger partial charge in [-0.05, 0) is 86.0 Å². The average Bonchev–Trinajstić information content (AvgIpc) is 4.06. The Morgan fingerprint density at radius 3 is 1.65 bits per heavy atom. The molecule has 3 aliphatic carbocycles. The number of hydrogen-bond donors (Lipinski definition) is 0. The fourth-order valence-electron chi connectivity index (χ4n) is 12.2. The van der Waals surface area contributed by atoms with Crippen molar-refractivity contribution in [3.63, 3.8) is 0 Å². The zero-order chi connectivity index (χ0) is 39.5. The molecular formula is C58H38N2. The van der Waals surface area contributed by atoms with Gasteiger partial charge in [0.2, 0.25) is 0 Å². The molecule has 0 fully saturated rings. The summed E-state index contributed by atoms with van der Waals surface area (Å²) in [5, 5.41) is 5.13.